The van der Waals surface area contributed by atoms with E-state index in [4.69, 9.17) is 14.2 Å². The van der Waals surface area contributed by atoms with Gasteiger partial charge in [0.05, 0.1) is 34.4 Å². The molecule has 0 fully saturated rings. The molecule has 298 valence electrons. The molecule has 8 nitrogen and oxygen atoms in total. The summed E-state index contributed by atoms with van der Waals surface area (Å²) in [6, 6.07) is -0.615. The summed E-state index contributed by atoms with van der Waals surface area (Å²) in [5.74, 6) is -1.51. The minimum atomic E-state index is -0.879. The van der Waals surface area contributed by atoms with Gasteiger partial charge in [-0.2, -0.15) is 0 Å². The van der Waals surface area contributed by atoms with Crippen LogP contribution in [0.15, 0.2) is 24.3 Å². The quantitative estimate of drug-likeness (QED) is 0.0295. The molecule has 0 aromatic rings. The van der Waals surface area contributed by atoms with Crippen molar-refractivity contribution in [1.29, 1.82) is 0 Å². The minimum Gasteiger partial charge on any atom is -0.477 e. The van der Waals surface area contributed by atoms with Crippen LogP contribution in [-0.2, 0) is 28.6 Å². The Morgan fingerprint density at radius 2 is 1.10 bits per heavy atom. The van der Waals surface area contributed by atoms with Crippen molar-refractivity contribution in [3.8, 4) is 0 Å². The van der Waals surface area contributed by atoms with Gasteiger partial charge in [0, 0.05) is 19.3 Å². The summed E-state index contributed by atoms with van der Waals surface area (Å²) in [5, 5.41) is 9.59. The minimum absolute atomic E-state index is 0.0545. The lowest BCUT2D eigenvalue weighted by molar-refractivity contribution is -0.887. The Balaban J connectivity index is 4.29. The fraction of sp³-hybridized carbons (Fsp3) is 0.837. The van der Waals surface area contributed by atoms with Crippen LogP contribution in [-0.4, -0.2) is 80.6 Å². The zero-order chi connectivity index (χ0) is 37.8. The number of hydrogen-bond donors (Lipinski definition) is 1. The average Bonchev–Trinajstić information content (AvgIpc) is 3.08. The Kier molecular flexibility index (Phi) is 33.4. The molecule has 0 spiro atoms. The van der Waals surface area contributed by atoms with Crippen molar-refractivity contribution in [2.24, 2.45) is 0 Å². The molecule has 0 bridgehead atoms. The number of quaternary nitrogens is 1. The molecule has 0 rings (SSSR count). The van der Waals surface area contributed by atoms with Gasteiger partial charge in [0.1, 0.15) is 6.61 Å². The maximum Gasteiger partial charge on any atom is 0.362 e. The standard InChI is InChI=1S/C43H79NO7/c1-6-8-10-12-14-16-17-18-19-20-21-22-23-24-26-28-30-32-34-42(46)51-39(37-49-36-35-40(43(47)48)44(3,4)5)38-50-41(45)33-31-29-27-25-15-13-11-9-7-2/h9,11,15,25,39-40H,6-8,10,12-14,16-24,26-38H2,1-5H3/p+1/b11-9+,25-15+. The van der Waals surface area contributed by atoms with Crippen molar-refractivity contribution in [2.75, 3.05) is 41.0 Å². The lowest BCUT2D eigenvalue weighted by Crippen LogP contribution is -2.50. The number of rotatable bonds is 37. The fourth-order valence-corrected chi connectivity index (χ4v) is 6.13. The van der Waals surface area contributed by atoms with Gasteiger partial charge in [-0.3, -0.25) is 9.59 Å². The normalized spacial score (nSPS) is 13.2. The summed E-state index contributed by atoms with van der Waals surface area (Å²) >= 11 is 0. The third-order valence-electron chi connectivity index (χ3n) is 9.37. The fourth-order valence-electron chi connectivity index (χ4n) is 6.13. The van der Waals surface area contributed by atoms with Crippen molar-refractivity contribution >= 4 is 17.9 Å². The van der Waals surface area contributed by atoms with Crippen LogP contribution in [0, 0.1) is 0 Å². The van der Waals surface area contributed by atoms with Crippen LogP contribution in [0.3, 0.4) is 0 Å². The van der Waals surface area contributed by atoms with E-state index in [1.165, 1.54) is 96.3 Å². The Morgan fingerprint density at radius 1 is 0.608 bits per heavy atom. The Morgan fingerprint density at radius 3 is 1.61 bits per heavy atom. The third-order valence-corrected chi connectivity index (χ3v) is 9.37. The van der Waals surface area contributed by atoms with Crippen LogP contribution in [0.4, 0.5) is 0 Å². The highest BCUT2D eigenvalue weighted by Crippen LogP contribution is 2.15. The Bertz CT molecular complexity index is 895. The van der Waals surface area contributed by atoms with Crippen LogP contribution >= 0.6 is 0 Å². The zero-order valence-corrected chi connectivity index (χ0v) is 33.8. The number of nitrogens with zero attached hydrogens (tertiary/aromatic N) is 1. The van der Waals surface area contributed by atoms with Gasteiger partial charge in [0.2, 0.25) is 0 Å². The molecule has 0 heterocycles. The molecule has 0 saturated heterocycles. The number of likely N-dealkylation sites (N-methyl/N-ethyl adjacent to an activating group) is 1. The SMILES string of the molecule is CC/C=C/C/C=C/CCCCC(=O)OCC(COCCC(C(=O)O)[N+](C)(C)C)OC(=O)CCCCCCCCCCCCCCCCCCCC. The van der Waals surface area contributed by atoms with Gasteiger partial charge in [-0.05, 0) is 38.5 Å². The number of allylic oxidation sites excluding steroid dienone is 4. The molecule has 8 heteroatoms. The average molecular weight is 723 g/mol. The second kappa shape index (κ2) is 34.9. The number of carbonyl (C=O) groups is 3. The first-order chi connectivity index (χ1) is 24.6. The van der Waals surface area contributed by atoms with Crippen molar-refractivity contribution in [1.82, 2.24) is 0 Å². The largest absolute Gasteiger partial charge is 0.477 e. The molecule has 0 aromatic carbocycles. The number of unbranched alkanes of at least 4 members (excludes halogenated alkanes) is 19. The van der Waals surface area contributed by atoms with E-state index >= 15 is 0 Å². The highest BCUT2D eigenvalue weighted by atomic mass is 16.6. The van der Waals surface area contributed by atoms with E-state index in [0.717, 1.165) is 51.4 Å². The van der Waals surface area contributed by atoms with Crippen LogP contribution in [0.2, 0.25) is 0 Å². The number of hydrogen-bond acceptors (Lipinski definition) is 6. The van der Waals surface area contributed by atoms with E-state index in [-0.39, 0.29) is 36.2 Å². The molecule has 0 saturated carbocycles. The summed E-state index contributed by atoms with van der Waals surface area (Å²) in [5.41, 5.74) is 0. The summed E-state index contributed by atoms with van der Waals surface area (Å²) < 4.78 is 17.2. The second-order valence-electron chi connectivity index (χ2n) is 15.2. The second-order valence-corrected chi connectivity index (χ2v) is 15.2. The molecular formula is C43H80NO7+. The van der Waals surface area contributed by atoms with Crippen LogP contribution < -0.4 is 0 Å². The molecule has 0 aliphatic carbocycles. The maximum atomic E-state index is 12.7. The first-order valence-corrected chi connectivity index (χ1v) is 20.9. The molecule has 0 aromatic heterocycles. The summed E-state index contributed by atoms with van der Waals surface area (Å²) in [7, 11) is 5.51. The van der Waals surface area contributed by atoms with Crippen molar-refractivity contribution in [2.45, 2.75) is 193 Å². The van der Waals surface area contributed by atoms with E-state index in [0.29, 0.717) is 19.3 Å². The van der Waals surface area contributed by atoms with E-state index in [9.17, 15) is 19.5 Å². The van der Waals surface area contributed by atoms with Crippen molar-refractivity contribution < 1.29 is 38.2 Å². The number of carbonyl (C=O) groups excluding carboxylic acids is 2. The highest BCUT2D eigenvalue weighted by molar-refractivity contribution is 5.72. The summed E-state index contributed by atoms with van der Waals surface area (Å²) in [6.07, 6.45) is 36.7. The van der Waals surface area contributed by atoms with Gasteiger partial charge in [-0.15, -0.1) is 0 Å². The number of carboxylic acid groups (broad SMARTS) is 1. The van der Waals surface area contributed by atoms with E-state index < -0.39 is 18.1 Å². The van der Waals surface area contributed by atoms with Crippen LogP contribution in [0.1, 0.15) is 181 Å². The van der Waals surface area contributed by atoms with Crippen molar-refractivity contribution in [3.05, 3.63) is 24.3 Å². The molecule has 0 aliphatic heterocycles. The summed E-state index contributed by atoms with van der Waals surface area (Å²) in [6.45, 7) is 4.58. The lowest BCUT2D eigenvalue weighted by Gasteiger charge is -2.31. The molecule has 0 aliphatic rings. The molecular weight excluding hydrogens is 642 g/mol. The molecule has 1 N–H and O–H groups in total. The highest BCUT2D eigenvalue weighted by Gasteiger charge is 2.31. The van der Waals surface area contributed by atoms with Gasteiger partial charge in [0.15, 0.2) is 12.1 Å². The van der Waals surface area contributed by atoms with E-state index in [1.54, 1.807) is 0 Å². The van der Waals surface area contributed by atoms with Gasteiger partial charge in [0.25, 0.3) is 0 Å². The predicted molar refractivity (Wildman–Crippen MR) is 211 cm³/mol. The molecule has 2 atom stereocenters. The zero-order valence-electron chi connectivity index (χ0n) is 33.8. The Labute approximate surface area is 313 Å². The van der Waals surface area contributed by atoms with Gasteiger partial charge in [-0.25, -0.2) is 4.79 Å². The van der Waals surface area contributed by atoms with Crippen LogP contribution in [0.25, 0.3) is 0 Å². The first-order valence-electron chi connectivity index (χ1n) is 20.9. The number of ether oxygens (including phenoxy) is 3. The van der Waals surface area contributed by atoms with Gasteiger partial charge in [-0.1, -0.05) is 147 Å². The van der Waals surface area contributed by atoms with Crippen molar-refractivity contribution in [3.63, 3.8) is 0 Å². The summed E-state index contributed by atoms with van der Waals surface area (Å²) in [4.78, 5) is 36.8. The number of carboxylic acids is 1. The maximum absolute atomic E-state index is 12.7. The topological polar surface area (TPSA) is 99.1 Å². The van der Waals surface area contributed by atoms with Gasteiger partial charge < -0.3 is 23.8 Å². The van der Waals surface area contributed by atoms with Gasteiger partial charge >= 0.3 is 17.9 Å². The lowest BCUT2D eigenvalue weighted by atomic mass is 10.0. The predicted octanol–water partition coefficient (Wildman–Crippen LogP) is 10.9. The van der Waals surface area contributed by atoms with E-state index in [1.807, 2.05) is 21.1 Å². The first kappa shape index (κ1) is 48.8. The monoisotopic (exact) mass is 723 g/mol. The molecule has 0 radical (unpaired) electrons. The smallest absolute Gasteiger partial charge is 0.362 e. The van der Waals surface area contributed by atoms with Crippen LogP contribution in [0.5, 0.6) is 0 Å². The molecule has 0 amide bonds. The Hall–Kier alpha value is -2.19. The number of aliphatic carboxylic acids is 1. The molecule has 51 heavy (non-hydrogen) atoms. The number of esters is 2. The molecule has 2 unspecified atom stereocenters. The van der Waals surface area contributed by atoms with E-state index in [2.05, 4.69) is 38.2 Å². The third kappa shape index (κ3) is 33.4.